The Morgan fingerprint density at radius 2 is 1.96 bits per heavy atom. The monoisotopic (exact) mass is 500 g/mol. The summed E-state index contributed by atoms with van der Waals surface area (Å²) in [4.78, 5) is 6.90. The molecular weight excluding hydrogens is 463 g/mol. The first kappa shape index (κ1) is 23.3. The Kier molecular flexibility index (Phi) is 8.86. The number of para-hydroxylation sites is 1. The number of halogens is 1. The van der Waals surface area contributed by atoms with Gasteiger partial charge in [0.2, 0.25) is 0 Å². The first-order valence-corrected chi connectivity index (χ1v) is 10.4. The molecule has 2 aliphatic rings. The number of aliphatic imine (C=N–C) groups is 1. The van der Waals surface area contributed by atoms with Crippen LogP contribution >= 0.6 is 24.0 Å². The van der Waals surface area contributed by atoms with Crippen molar-refractivity contribution in [3.05, 3.63) is 30.3 Å². The molecule has 2 heterocycles. The van der Waals surface area contributed by atoms with Crippen molar-refractivity contribution in [1.29, 1.82) is 0 Å². The Hall–Kier alpha value is -1.02. The van der Waals surface area contributed by atoms with Crippen LogP contribution in [0.3, 0.4) is 0 Å². The van der Waals surface area contributed by atoms with Gasteiger partial charge in [-0.2, -0.15) is 0 Å². The molecule has 3 atom stereocenters. The number of anilines is 1. The third-order valence-corrected chi connectivity index (χ3v) is 5.70. The van der Waals surface area contributed by atoms with Crippen molar-refractivity contribution in [1.82, 2.24) is 10.6 Å². The second-order valence-corrected chi connectivity index (χ2v) is 8.92. The Morgan fingerprint density at radius 3 is 2.64 bits per heavy atom. The van der Waals surface area contributed by atoms with Gasteiger partial charge in [-0.1, -0.05) is 39.0 Å². The summed E-state index contributed by atoms with van der Waals surface area (Å²) in [6.45, 7) is 10.7. The van der Waals surface area contributed by atoms with Gasteiger partial charge in [-0.15, -0.1) is 24.0 Å². The Bertz CT molecular complexity index is 617. The van der Waals surface area contributed by atoms with Gasteiger partial charge in [0.25, 0.3) is 0 Å². The Morgan fingerprint density at radius 1 is 1.21 bits per heavy atom. The highest BCUT2D eigenvalue weighted by Gasteiger charge is 2.35. The van der Waals surface area contributed by atoms with Crippen LogP contribution in [0.1, 0.15) is 40.0 Å². The van der Waals surface area contributed by atoms with Crippen molar-refractivity contribution >= 4 is 35.6 Å². The standard InChI is InChI=1S/C22H36N4O.HI/c1-22(2,3)20-17(9-8-14-27-20)15-24-21(23-4)25-18-12-13-26(16-18)19-10-6-5-7-11-19;/h5-7,10-11,17-18,20H,8-9,12-16H2,1-4H3,(H2,23,24,25);1H. The van der Waals surface area contributed by atoms with Crippen LogP contribution < -0.4 is 15.5 Å². The fraction of sp³-hybridized carbons (Fsp3) is 0.682. The SMILES string of the molecule is CN=C(NCC1CCCOC1C(C)(C)C)NC1CCN(c2ccccc2)C1.I. The molecule has 0 aliphatic carbocycles. The number of guanidine groups is 1. The summed E-state index contributed by atoms with van der Waals surface area (Å²) in [7, 11) is 1.86. The molecule has 2 fully saturated rings. The third-order valence-electron chi connectivity index (χ3n) is 5.70. The molecule has 158 valence electrons. The van der Waals surface area contributed by atoms with Crippen molar-refractivity contribution < 1.29 is 4.74 Å². The van der Waals surface area contributed by atoms with Crippen LogP contribution in [0.5, 0.6) is 0 Å². The van der Waals surface area contributed by atoms with Crippen molar-refractivity contribution in [3.63, 3.8) is 0 Å². The number of rotatable bonds is 4. The molecule has 3 rings (SSSR count). The highest BCUT2D eigenvalue weighted by atomic mass is 127. The fourth-order valence-electron chi connectivity index (χ4n) is 4.38. The maximum atomic E-state index is 6.11. The van der Waals surface area contributed by atoms with Gasteiger partial charge >= 0.3 is 0 Å². The van der Waals surface area contributed by atoms with E-state index < -0.39 is 0 Å². The van der Waals surface area contributed by atoms with Gasteiger partial charge < -0.3 is 20.3 Å². The number of nitrogens with zero attached hydrogens (tertiary/aromatic N) is 2. The van der Waals surface area contributed by atoms with Gasteiger partial charge in [-0.3, -0.25) is 4.99 Å². The molecule has 2 aliphatic heterocycles. The van der Waals surface area contributed by atoms with E-state index in [2.05, 4.69) is 71.6 Å². The summed E-state index contributed by atoms with van der Waals surface area (Å²) >= 11 is 0. The van der Waals surface area contributed by atoms with Gasteiger partial charge in [0.15, 0.2) is 5.96 Å². The molecule has 0 aromatic heterocycles. The molecule has 28 heavy (non-hydrogen) atoms. The third kappa shape index (κ3) is 6.24. The number of ether oxygens (including phenoxy) is 1. The molecule has 6 heteroatoms. The Balaban J connectivity index is 0.00000280. The number of hydrogen-bond acceptors (Lipinski definition) is 3. The lowest BCUT2D eigenvalue weighted by molar-refractivity contribution is -0.0835. The van der Waals surface area contributed by atoms with E-state index in [1.165, 1.54) is 12.1 Å². The summed E-state index contributed by atoms with van der Waals surface area (Å²) in [6.07, 6.45) is 3.81. The molecule has 1 aromatic carbocycles. The molecule has 0 bridgehead atoms. The summed E-state index contributed by atoms with van der Waals surface area (Å²) < 4.78 is 6.11. The quantitative estimate of drug-likeness (QED) is 0.374. The molecule has 0 radical (unpaired) electrons. The molecule has 3 unspecified atom stereocenters. The lowest BCUT2D eigenvalue weighted by atomic mass is 9.78. The zero-order valence-corrected chi connectivity index (χ0v) is 20.1. The van der Waals surface area contributed by atoms with Crippen LogP contribution in [0, 0.1) is 11.3 Å². The van der Waals surface area contributed by atoms with Gasteiger partial charge in [-0.05, 0) is 36.8 Å². The minimum Gasteiger partial charge on any atom is -0.377 e. The highest BCUT2D eigenvalue weighted by molar-refractivity contribution is 14.0. The molecule has 0 saturated carbocycles. The summed E-state index contributed by atoms with van der Waals surface area (Å²) in [5.41, 5.74) is 1.47. The van der Waals surface area contributed by atoms with E-state index in [9.17, 15) is 0 Å². The average Bonchev–Trinajstić information content (AvgIpc) is 3.14. The predicted molar refractivity (Wildman–Crippen MR) is 129 cm³/mol. The van der Waals surface area contributed by atoms with Gasteiger partial charge in [0.05, 0.1) is 6.10 Å². The molecule has 2 saturated heterocycles. The zero-order chi connectivity index (χ0) is 19.3. The van der Waals surface area contributed by atoms with Crippen molar-refractivity contribution in [2.45, 2.75) is 52.2 Å². The predicted octanol–water partition coefficient (Wildman–Crippen LogP) is 3.89. The van der Waals surface area contributed by atoms with E-state index >= 15 is 0 Å². The first-order valence-electron chi connectivity index (χ1n) is 10.4. The van der Waals surface area contributed by atoms with Gasteiger partial charge in [0.1, 0.15) is 0 Å². The number of benzene rings is 1. The zero-order valence-electron chi connectivity index (χ0n) is 17.8. The Labute approximate surface area is 187 Å². The number of hydrogen-bond donors (Lipinski definition) is 2. The van der Waals surface area contributed by atoms with E-state index in [1.54, 1.807) is 0 Å². The van der Waals surface area contributed by atoms with Crippen LogP contribution in [-0.4, -0.2) is 51.4 Å². The lowest BCUT2D eigenvalue weighted by Crippen LogP contribution is -2.49. The van der Waals surface area contributed by atoms with E-state index in [-0.39, 0.29) is 29.4 Å². The maximum Gasteiger partial charge on any atom is 0.191 e. The molecule has 2 N–H and O–H groups in total. The molecule has 0 amide bonds. The van der Waals surface area contributed by atoms with Crippen LogP contribution in [-0.2, 0) is 4.74 Å². The van der Waals surface area contributed by atoms with Crippen LogP contribution in [0.4, 0.5) is 5.69 Å². The largest absolute Gasteiger partial charge is 0.377 e. The smallest absolute Gasteiger partial charge is 0.191 e. The normalized spacial score (nSPS) is 25.9. The maximum absolute atomic E-state index is 6.11. The van der Waals surface area contributed by atoms with E-state index in [0.29, 0.717) is 18.1 Å². The van der Waals surface area contributed by atoms with Crippen molar-refractivity contribution in [2.75, 3.05) is 38.2 Å². The van der Waals surface area contributed by atoms with Gasteiger partial charge in [0, 0.05) is 50.9 Å². The highest BCUT2D eigenvalue weighted by Crippen LogP contribution is 2.33. The summed E-state index contributed by atoms with van der Waals surface area (Å²) in [6, 6.07) is 11.1. The van der Waals surface area contributed by atoms with Crippen molar-refractivity contribution in [3.8, 4) is 0 Å². The minimum absolute atomic E-state index is 0. The van der Waals surface area contributed by atoms with Crippen LogP contribution in [0.15, 0.2) is 35.3 Å². The topological polar surface area (TPSA) is 48.9 Å². The second kappa shape index (κ2) is 10.7. The van der Waals surface area contributed by atoms with E-state index in [0.717, 1.165) is 45.0 Å². The molecule has 1 aromatic rings. The van der Waals surface area contributed by atoms with Gasteiger partial charge in [-0.25, -0.2) is 0 Å². The molecular formula is C22H37IN4O. The van der Waals surface area contributed by atoms with Crippen molar-refractivity contribution in [2.24, 2.45) is 16.3 Å². The van der Waals surface area contributed by atoms with Crippen LogP contribution in [0.2, 0.25) is 0 Å². The minimum atomic E-state index is 0. The molecule has 5 nitrogen and oxygen atoms in total. The average molecular weight is 500 g/mol. The fourth-order valence-corrected chi connectivity index (χ4v) is 4.38. The summed E-state index contributed by atoms with van der Waals surface area (Å²) in [5.74, 6) is 1.44. The van der Waals surface area contributed by atoms with E-state index in [4.69, 9.17) is 4.74 Å². The number of nitrogens with one attached hydrogen (secondary N) is 2. The lowest BCUT2D eigenvalue weighted by Gasteiger charge is -2.40. The van der Waals surface area contributed by atoms with E-state index in [1.807, 2.05) is 7.05 Å². The second-order valence-electron chi connectivity index (χ2n) is 8.92. The molecule has 0 spiro atoms. The summed E-state index contributed by atoms with van der Waals surface area (Å²) in [5, 5.41) is 7.18. The van der Waals surface area contributed by atoms with Crippen LogP contribution in [0.25, 0.3) is 0 Å². The first-order chi connectivity index (χ1) is 13.0.